The van der Waals surface area contributed by atoms with Crippen LogP contribution in [0.25, 0.3) is 11.1 Å². The molecule has 0 saturated heterocycles. The van der Waals surface area contributed by atoms with E-state index in [0.29, 0.717) is 5.69 Å². The van der Waals surface area contributed by atoms with Crippen molar-refractivity contribution in [2.24, 2.45) is 0 Å². The number of anilines is 2. The summed E-state index contributed by atoms with van der Waals surface area (Å²) in [6.07, 6.45) is 0. The zero-order valence-corrected chi connectivity index (χ0v) is 8.14. The largest absolute Gasteiger partial charge is 0.506 e. The molecule has 5 N–H and O–H groups in total. The number of nitrogens with two attached hydrogens (primary N) is 2. The minimum atomic E-state index is 0.106. The Morgan fingerprint density at radius 3 is 2.00 bits per heavy atom. The van der Waals surface area contributed by atoms with Crippen molar-refractivity contribution in [2.75, 3.05) is 11.5 Å². The number of aromatic hydroxyl groups is 1. The van der Waals surface area contributed by atoms with Crippen LogP contribution >= 0.6 is 0 Å². The van der Waals surface area contributed by atoms with E-state index in [1.54, 1.807) is 12.1 Å². The van der Waals surface area contributed by atoms with E-state index >= 15 is 0 Å². The summed E-state index contributed by atoms with van der Waals surface area (Å²) >= 11 is 0. The molecule has 0 unspecified atom stereocenters. The standard InChI is InChI=1S/C12H12N2O/c13-10-4-1-8(2-5-10)9-3-6-12(15)11(14)7-9/h1-7,15H,13-14H2. The van der Waals surface area contributed by atoms with Crippen LogP contribution in [0.3, 0.4) is 0 Å². The Labute approximate surface area is 88.0 Å². The van der Waals surface area contributed by atoms with Crippen LogP contribution in [-0.4, -0.2) is 5.11 Å². The van der Waals surface area contributed by atoms with Crippen molar-refractivity contribution in [2.45, 2.75) is 0 Å². The summed E-state index contributed by atoms with van der Waals surface area (Å²) in [4.78, 5) is 0. The molecule has 0 fully saturated rings. The maximum Gasteiger partial charge on any atom is 0.138 e. The number of rotatable bonds is 1. The molecule has 0 amide bonds. The average Bonchev–Trinajstić information content (AvgIpc) is 2.23. The molecule has 76 valence electrons. The van der Waals surface area contributed by atoms with Crippen LogP contribution < -0.4 is 11.5 Å². The highest BCUT2D eigenvalue weighted by Crippen LogP contribution is 2.27. The van der Waals surface area contributed by atoms with E-state index in [1.807, 2.05) is 30.3 Å². The number of hydrogen-bond acceptors (Lipinski definition) is 3. The molecule has 0 aromatic heterocycles. The number of benzene rings is 2. The fourth-order valence-corrected chi connectivity index (χ4v) is 1.41. The van der Waals surface area contributed by atoms with E-state index < -0.39 is 0 Å². The molecule has 0 spiro atoms. The molecule has 0 heterocycles. The first-order valence-electron chi connectivity index (χ1n) is 4.61. The monoisotopic (exact) mass is 200 g/mol. The molecule has 0 aliphatic carbocycles. The van der Waals surface area contributed by atoms with E-state index in [2.05, 4.69) is 0 Å². The Hall–Kier alpha value is -2.16. The van der Waals surface area contributed by atoms with Gasteiger partial charge in [-0.25, -0.2) is 0 Å². The maximum absolute atomic E-state index is 9.29. The van der Waals surface area contributed by atoms with Gasteiger partial charge in [0.25, 0.3) is 0 Å². The first-order chi connectivity index (χ1) is 7.16. The zero-order chi connectivity index (χ0) is 10.8. The molecule has 0 radical (unpaired) electrons. The molecule has 2 aromatic rings. The van der Waals surface area contributed by atoms with Gasteiger partial charge in [-0.05, 0) is 35.4 Å². The van der Waals surface area contributed by atoms with E-state index in [4.69, 9.17) is 11.5 Å². The van der Waals surface area contributed by atoms with Gasteiger partial charge in [0.15, 0.2) is 0 Å². The third-order valence-electron chi connectivity index (χ3n) is 2.27. The summed E-state index contributed by atoms with van der Waals surface area (Å²) < 4.78 is 0. The summed E-state index contributed by atoms with van der Waals surface area (Å²) in [5, 5.41) is 9.29. The van der Waals surface area contributed by atoms with Crippen molar-refractivity contribution >= 4 is 11.4 Å². The van der Waals surface area contributed by atoms with Crippen LogP contribution in [-0.2, 0) is 0 Å². The summed E-state index contributed by atoms with van der Waals surface area (Å²) in [5.41, 5.74) is 14.3. The lowest BCUT2D eigenvalue weighted by molar-refractivity contribution is 0.478. The molecule has 0 atom stereocenters. The first-order valence-corrected chi connectivity index (χ1v) is 4.61. The molecule has 2 aromatic carbocycles. The van der Waals surface area contributed by atoms with Gasteiger partial charge < -0.3 is 16.6 Å². The predicted octanol–water partition coefficient (Wildman–Crippen LogP) is 2.22. The second-order valence-corrected chi connectivity index (χ2v) is 3.40. The first kappa shape index (κ1) is 9.40. The lowest BCUT2D eigenvalue weighted by Crippen LogP contribution is -1.87. The third kappa shape index (κ3) is 1.86. The smallest absolute Gasteiger partial charge is 0.138 e. The molecule has 0 saturated carbocycles. The second-order valence-electron chi connectivity index (χ2n) is 3.40. The lowest BCUT2D eigenvalue weighted by atomic mass is 10.0. The summed E-state index contributed by atoms with van der Waals surface area (Å²) in [6.45, 7) is 0. The van der Waals surface area contributed by atoms with Gasteiger partial charge >= 0.3 is 0 Å². The van der Waals surface area contributed by atoms with Gasteiger partial charge in [0, 0.05) is 5.69 Å². The SMILES string of the molecule is Nc1ccc(-c2ccc(O)c(N)c2)cc1. The van der Waals surface area contributed by atoms with Crippen LogP contribution in [0.2, 0.25) is 0 Å². The van der Waals surface area contributed by atoms with Gasteiger partial charge in [-0.3, -0.25) is 0 Å². The van der Waals surface area contributed by atoms with Crippen molar-refractivity contribution in [3.05, 3.63) is 42.5 Å². The highest BCUT2D eigenvalue weighted by atomic mass is 16.3. The van der Waals surface area contributed by atoms with E-state index in [-0.39, 0.29) is 5.75 Å². The average molecular weight is 200 g/mol. The molecule has 3 heteroatoms. The Kier molecular flexibility index (Phi) is 2.21. The molecular formula is C12H12N2O. The Morgan fingerprint density at radius 2 is 1.40 bits per heavy atom. The molecule has 0 aliphatic heterocycles. The molecule has 3 nitrogen and oxygen atoms in total. The number of hydrogen-bond donors (Lipinski definition) is 3. The molecular weight excluding hydrogens is 188 g/mol. The highest BCUT2D eigenvalue weighted by molar-refractivity contribution is 5.71. The summed E-state index contributed by atoms with van der Waals surface area (Å²) in [6, 6.07) is 12.6. The molecule has 0 bridgehead atoms. The Balaban J connectivity index is 2.45. The number of phenols is 1. The highest BCUT2D eigenvalue weighted by Gasteiger charge is 2.01. The Bertz CT molecular complexity index is 477. The van der Waals surface area contributed by atoms with Gasteiger partial charge in [0.1, 0.15) is 5.75 Å². The Morgan fingerprint density at radius 1 is 0.800 bits per heavy atom. The van der Waals surface area contributed by atoms with Gasteiger partial charge in [-0.2, -0.15) is 0 Å². The zero-order valence-electron chi connectivity index (χ0n) is 8.14. The van der Waals surface area contributed by atoms with Gasteiger partial charge in [-0.15, -0.1) is 0 Å². The van der Waals surface area contributed by atoms with Gasteiger partial charge in [0.05, 0.1) is 5.69 Å². The molecule has 15 heavy (non-hydrogen) atoms. The summed E-state index contributed by atoms with van der Waals surface area (Å²) in [7, 11) is 0. The number of phenolic OH excluding ortho intramolecular Hbond substituents is 1. The minimum absolute atomic E-state index is 0.106. The van der Waals surface area contributed by atoms with Crippen molar-refractivity contribution in [1.29, 1.82) is 0 Å². The minimum Gasteiger partial charge on any atom is -0.506 e. The van der Waals surface area contributed by atoms with Gasteiger partial charge in [0.2, 0.25) is 0 Å². The normalized spacial score (nSPS) is 10.1. The second kappa shape index (κ2) is 3.53. The van der Waals surface area contributed by atoms with E-state index in [0.717, 1.165) is 16.8 Å². The van der Waals surface area contributed by atoms with Gasteiger partial charge in [-0.1, -0.05) is 18.2 Å². The van der Waals surface area contributed by atoms with Crippen molar-refractivity contribution in [3.63, 3.8) is 0 Å². The molecule has 2 rings (SSSR count). The van der Waals surface area contributed by atoms with Crippen LogP contribution in [0.1, 0.15) is 0 Å². The fourth-order valence-electron chi connectivity index (χ4n) is 1.41. The van der Waals surface area contributed by atoms with E-state index in [1.165, 1.54) is 0 Å². The van der Waals surface area contributed by atoms with Crippen LogP contribution in [0.15, 0.2) is 42.5 Å². The fraction of sp³-hybridized carbons (Fsp3) is 0. The lowest BCUT2D eigenvalue weighted by Gasteiger charge is -2.04. The van der Waals surface area contributed by atoms with Crippen molar-refractivity contribution in [3.8, 4) is 16.9 Å². The third-order valence-corrected chi connectivity index (χ3v) is 2.27. The topological polar surface area (TPSA) is 72.3 Å². The van der Waals surface area contributed by atoms with Crippen LogP contribution in [0, 0.1) is 0 Å². The van der Waals surface area contributed by atoms with Crippen LogP contribution in [0.5, 0.6) is 5.75 Å². The number of nitrogen functional groups attached to an aromatic ring is 2. The van der Waals surface area contributed by atoms with Crippen molar-refractivity contribution < 1.29 is 5.11 Å². The molecule has 0 aliphatic rings. The predicted molar refractivity (Wildman–Crippen MR) is 62.4 cm³/mol. The summed E-state index contributed by atoms with van der Waals surface area (Å²) in [5.74, 6) is 0.106. The van der Waals surface area contributed by atoms with Crippen molar-refractivity contribution in [1.82, 2.24) is 0 Å². The maximum atomic E-state index is 9.29. The van der Waals surface area contributed by atoms with E-state index in [9.17, 15) is 5.11 Å². The quantitative estimate of drug-likeness (QED) is 0.488. The van der Waals surface area contributed by atoms with Crippen LogP contribution in [0.4, 0.5) is 11.4 Å².